The summed E-state index contributed by atoms with van der Waals surface area (Å²) in [5.41, 5.74) is 0.0404. The molecule has 1 aliphatic heterocycles. The number of ether oxygens (including phenoxy) is 1. The minimum Gasteiger partial charge on any atom is -0.396 e. The lowest BCUT2D eigenvalue weighted by molar-refractivity contribution is -0.0820. The van der Waals surface area contributed by atoms with E-state index in [1.165, 1.54) is 12.8 Å². The summed E-state index contributed by atoms with van der Waals surface area (Å²) in [5, 5.41) is 14.8. The summed E-state index contributed by atoms with van der Waals surface area (Å²) in [4.78, 5) is 12.0. The van der Waals surface area contributed by atoms with Crippen LogP contribution in [-0.4, -0.2) is 42.0 Å². The fourth-order valence-corrected chi connectivity index (χ4v) is 3.44. The van der Waals surface area contributed by atoms with Crippen molar-refractivity contribution in [3.63, 3.8) is 0 Å². The van der Waals surface area contributed by atoms with Crippen LogP contribution in [0.3, 0.4) is 0 Å². The predicted octanol–water partition coefficient (Wildman–Crippen LogP) is 1.94. The molecule has 0 aromatic heterocycles. The molecule has 1 spiro atoms. The molecule has 2 rings (SSSR count). The SMILES string of the molecule is CC(CCCO)NC(=O)NC1CCOC2(CCCC2)C1. The third-order valence-electron chi connectivity index (χ3n) is 4.52. The van der Waals surface area contributed by atoms with Gasteiger partial charge in [-0.25, -0.2) is 4.79 Å². The molecule has 2 atom stereocenters. The van der Waals surface area contributed by atoms with E-state index in [2.05, 4.69) is 10.6 Å². The zero-order valence-electron chi connectivity index (χ0n) is 12.5. The molecular formula is C15H28N2O3. The lowest BCUT2D eigenvalue weighted by Crippen LogP contribution is -2.51. The Balaban J connectivity index is 1.73. The zero-order chi connectivity index (χ0) is 14.4. The molecule has 0 aromatic rings. The highest BCUT2D eigenvalue weighted by Crippen LogP contribution is 2.39. The quantitative estimate of drug-likeness (QED) is 0.722. The summed E-state index contributed by atoms with van der Waals surface area (Å²) >= 11 is 0. The van der Waals surface area contributed by atoms with Gasteiger partial charge < -0.3 is 20.5 Å². The molecule has 3 N–H and O–H groups in total. The Labute approximate surface area is 121 Å². The summed E-state index contributed by atoms with van der Waals surface area (Å²) in [5.74, 6) is 0. The third-order valence-corrected chi connectivity index (χ3v) is 4.52. The van der Waals surface area contributed by atoms with Crippen molar-refractivity contribution in [2.45, 2.75) is 76.0 Å². The van der Waals surface area contributed by atoms with Gasteiger partial charge in [0, 0.05) is 25.3 Å². The van der Waals surface area contributed by atoms with Gasteiger partial charge in [-0.1, -0.05) is 12.8 Å². The van der Waals surface area contributed by atoms with Gasteiger partial charge in [0.25, 0.3) is 0 Å². The van der Waals surface area contributed by atoms with E-state index in [-0.39, 0.29) is 30.3 Å². The average Bonchev–Trinajstić information content (AvgIpc) is 2.84. The lowest BCUT2D eigenvalue weighted by Gasteiger charge is -2.38. The van der Waals surface area contributed by atoms with Crippen LogP contribution in [-0.2, 0) is 4.74 Å². The van der Waals surface area contributed by atoms with Gasteiger partial charge in [0.2, 0.25) is 0 Å². The second-order valence-corrected chi connectivity index (χ2v) is 6.31. The van der Waals surface area contributed by atoms with E-state index in [4.69, 9.17) is 9.84 Å². The van der Waals surface area contributed by atoms with Crippen molar-refractivity contribution in [3.05, 3.63) is 0 Å². The van der Waals surface area contributed by atoms with Crippen molar-refractivity contribution in [1.82, 2.24) is 10.6 Å². The Kier molecular flexibility index (Phi) is 5.66. The number of hydrogen-bond donors (Lipinski definition) is 3. The normalized spacial score (nSPS) is 26.4. The third kappa shape index (κ3) is 4.35. The van der Waals surface area contributed by atoms with Gasteiger partial charge in [-0.05, 0) is 45.4 Å². The van der Waals surface area contributed by atoms with Gasteiger partial charge in [-0.15, -0.1) is 0 Å². The highest BCUT2D eigenvalue weighted by molar-refractivity contribution is 5.74. The maximum absolute atomic E-state index is 12.0. The number of carbonyl (C=O) groups is 1. The van der Waals surface area contributed by atoms with Crippen LogP contribution in [0.4, 0.5) is 4.79 Å². The van der Waals surface area contributed by atoms with E-state index in [9.17, 15) is 4.79 Å². The number of carbonyl (C=O) groups excluding carboxylic acids is 1. The molecule has 1 saturated heterocycles. The van der Waals surface area contributed by atoms with Crippen molar-refractivity contribution in [2.24, 2.45) is 0 Å². The van der Waals surface area contributed by atoms with Crippen LogP contribution in [0.15, 0.2) is 0 Å². The minimum atomic E-state index is -0.0875. The Hall–Kier alpha value is -0.810. The molecule has 1 saturated carbocycles. The first-order valence-electron chi connectivity index (χ1n) is 7.95. The molecule has 5 nitrogen and oxygen atoms in total. The highest BCUT2D eigenvalue weighted by Gasteiger charge is 2.40. The monoisotopic (exact) mass is 284 g/mol. The molecule has 116 valence electrons. The maximum atomic E-state index is 12.0. The lowest BCUT2D eigenvalue weighted by atomic mass is 9.89. The number of aliphatic hydroxyl groups excluding tert-OH is 1. The first kappa shape index (κ1) is 15.6. The van der Waals surface area contributed by atoms with Crippen molar-refractivity contribution < 1.29 is 14.6 Å². The summed E-state index contributed by atoms with van der Waals surface area (Å²) in [6.07, 6.45) is 8.16. The number of hydrogen-bond acceptors (Lipinski definition) is 3. The Morgan fingerprint density at radius 3 is 2.90 bits per heavy atom. The van der Waals surface area contributed by atoms with E-state index in [1.54, 1.807) is 0 Å². The van der Waals surface area contributed by atoms with Crippen LogP contribution in [0, 0.1) is 0 Å². The fourth-order valence-electron chi connectivity index (χ4n) is 3.44. The molecule has 0 aromatic carbocycles. The second kappa shape index (κ2) is 7.27. The molecule has 0 bridgehead atoms. The van der Waals surface area contributed by atoms with Crippen LogP contribution in [0.1, 0.15) is 58.3 Å². The Bertz CT molecular complexity index is 316. The van der Waals surface area contributed by atoms with Crippen molar-refractivity contribution >= 4 is 6.03 Å². The number of amides is 2. The smallest absolute Gasteiger partial charge is 0.315 e. The molecule has 20 heavy (non-hydrogen) atoms. The molecule has 2 aliphatic rings. The molecular weight excluding hydrogens is 256 g/mol. The van der Waals surface area contributed by atoms with Crippen LogP contribution in [0.2, 0.25) is 0 Å². The molecule has 1 aliphatic carbocycles. The van der Waals surface area contributed by atoms with Gasteiger partial charge in [0.05, 0.1) is 5.60 Å². The van der Waals surface area contributed by atoms with Crippen molar-refractivity contribution in [3.8, 4) is 0 Å². The largest absolute Gasteiger partial charge is 0.396 e. The van der Waals surface area contributed by atoms with Crippen molar-refractivity contribution in [1.29, 1.82) is 0 Å². The molecule has 2 unspecified atom stereocenters. The fraction of sp³-hybridized carbons (Fsp3) is 0.933. The van der Waals surface area contributed by atoms with Gasteiger partial charge in [0.1, 0.15) is 0 Å². The van der Waals surface area contributed by atoms with Crippen LogP contribution in [0.25, 0.3) is 0 Å². The van der Waals surface area contributed by atoms with Gasteiger partial charge >= 0.3 is 6.03 Å². The number of rotatable bonds is 5. The van der Waals surface area contributed by atoms with E-state index in [0.717, 1.165) is 45.1 Å². The first-order valence-corrected chi connectivity index (χ1v) is 7.95. The second-order valence-electron chi connectivity index (χ2n) is 6.31. The van der Waals surface area contributed by atoms with Crippen LogP contribution >= 0.6 is 0 Å². The Morgan fingerprint density at radius 1 is 1.45 bits per heavy atom. The molecule has 5 heteroatoms. The zero-order valence-corrected chi connectivity index (χ0v) is 12.5. The predicted molar refractivity (Wildman–Crippen MR) is 77.6 cm³/mol. The van der Waals surface area contributed by atoms with E-state index >= 15 is 0 Å². The highest BCUT2D eigenvalue weighted by atomic mass is 16.5. The molecule has 0 radical (unpaired) electrons. The number of urea groups is 1. The summed E-state index contributed by atoms with van der Waals surface area (Å²) in [6, 6.07) is 0.241. The van der Waals surface area contributed by atoms with Gasteiger partial charge in [-0.3, -0.25) is 0 Å². The van der Waals surface area contributed by atoms with Crippen LogP contribution < -0.4 is 10.6 Å². The first-order chi connectivity index (χ1) is 9.63. The minimum absolute atomic E-state index is 0.0404. The van der Waals surface area contributed by atoms with Gasteiger partial charge in [-0.2, -0.15) is 0 Å². The summed E-state index contributed by atoms with van der Waals surface area (Å²) in [6.45, 7) is 2.90. The van der Waals surface area contributed by atoms with E-state index in [0.29, 0.717) is 0 Å². The number of nitrogens with one attached hydrogen (secondary N) is 2. The standard InChI is InChI=1S/C15H28N2O3/c1-12(5-4-9-18)16-14(19)17-13-6-10-20-15(11-13)7-2-3-8-15/h12-13,18H,2-11H2,1H3,(H2,16,17,19). The molecule has 2 fully saturated rings. The molecule has 2 amide bonds. The average molecular weight is 284 g/mol. The topological polar surface area (TPSA) is 70.6 Å². The van der Waals surface area contributed by atoms with Crippen LogP contribution in [0.5, 0.6) is 0 Å². The van der Waals surface area contributed by atoms with E-state index < -0.39 is 0 Å². The van der Waals surface area contributed by atoms with Gasteiger partial charge in [0.15, 0.2) is 0 Å². The maximum Gasteiger partial charge on any atom is 0.315 e. The number of aliphatic hydroxyl groups is 1. The summed E-state index contributed by atoms with van der Waals surface area (Å²) < 4.78 is 5.97. The molecule has 1 heterocycles. The Morgan fingerprint density at radius 2 is 2.20 bits per heavy atom. The van der Waals surface area contributed by atoms with E-state index in [1.807, 2.05) is 6.92 Å². The summed E-state index contributed by atoms with van der Waals surface area (Å²) in [7, 11) is 0. The van der Waals surface area contributed by atoms with Crippen molar-refractivity contribution in [2.75, 3.05) is 13.2 Å².